The number of halogens is 3. The molecule has 0 bridgehead atoms. The van der Waals surface area contributed by atoms with Gasteiger partial charge in [-0.25, -0.2) is 4.79 Å². The summed E-state index contributed by atoms with van der Waals surface area (Å²) in [6.07, 6.45) is 4.24. The molecule has 9 heteroatoms. The molecule has 2 heterocycles. The minimum Gasteiger partial charge on any atom is -0.313 e. The number of anilines is 2. The van der Waals surface area contributed by atoms with Crippen LogP contribution in [0.5, 0.6) is 0 Å². The third-order valence-corrected chi connectivity index (χ3v) is 6.58. The predicted molar refractivity (Wildman–Crippen MR) is 125 cm³/mol. The standard InChI is InChI=1S/C22H22Cl3N5O/c1-14-16(23)6-5-7-19(14)30(22(31)26-15-9-10-17(24)18(25)12-15)13-21-28-27-20-8-3-2-4-11-29(20)21/h5-7,9-10,12H,2-4,8,11,13H2,1H3,(H,26,31). The smallest absolute Gasteiger partial charge is 0.313 e. The van der Waals surface area contributed by atoms with Gasteiger partial charge in [-0.15, -0.1) is 10.2 Å². The minimum absolute atomic E-state index is 0.265. The SMILES string of the molecule is Cc1c(Cl)cccc1N(Cc1nnc2n1CCCCC2)C(=O)Nc1ccc(Cl)c(Cl)c1. The third kappa shape index (κ3) is 4.81. The van der Waals surface area contributed by atoms with Gasteiger partial charge in [0.05, 0.1) is 22.3 Å². The molecule has 1 aromatic heterocycles. The van der Waals surface area contributed by atoms with Crippen LogP contribution in [0.4, 0.5) is 16.2 Å². The zero-order chi connectivity index (χ0) is 22.0. The lowest BCUT2D eigenvalue weighted by atomic mass is 10.2. The number of benzene rings is 2. The van der Waals surface area contributed by atoms with E-state index in [2.05, 4.69) is 20.1 Å². The van der Waals surface area contributed by atoms with Crippen molar-refractivity contribution in [1.82, 2.24) is 14.8 Å². The van der Waals surface area contributed by atoms with Gasteiger partial charge in [0.1, 0.15) is 5.82 Å². The first-order valence-corrected chi connectivity index (χ1v) is 11.3. The fourth-order valence-electron chi connectivity index (χ4n) is 3.72. The minimum atomic E-state index is -0.324. The summed E-state index contributed by atoms with van der Waals surface area (Å²) in [5, 5.41) is 13.0. The van der Waals surface area contributed by atoms with Crippen LogP contribution in [0.15, 0.2) is 36.4 Å². The van der Waals surface area contributed by atoms with Crippen molar-refractivity contribution in [2.24, 2.45) is 0 Å². The Morgan fingerprint density at radius 1 is 1.06 bits per heavy atom. The van der Waals surface area contributed by atoms with Crippen molar-refractivity contribution in [3.8, 4) is 0 Å². The second kappa shape index (κ2) is 9.47. The van der Waals surface area contributed by atoms with Gasteiger partial charge in [-0.05, 0) is 55.7 Å². The maximum absolute atomic E-state index is 13.4. The van der Waals surface area contributed by atoms with Gasteiger partial charge in [0.15, 0.2) is 5.82 Å². The van der Waals surface area contributed by atoms with E-state index in [1.54, 1.807) is 29.2 Å². The van der Waals surface area contributed by atoms with Crippen LogP contribution in [0, 0.1) is 6.92 Å². The Kier molecular flexibility index (Phi) is 6.70. The van der Waals surface area contributed by atoms with Crippen LogP contribution in [0.1, 0.15) is 36.5 Å². The van der Waals surface area contributed by atoms with E-state index in [0.29, 0.717) is 26.4 Å². The summed E-state index contributed by atoms with van der Waals surface area (Å²) < 4.78 is 2.13. The monoisotopic (exact) mass is 477 g/mol. The van der Waals surface area contributed by atoms with Crippen LogP contribution in [-0.2, 0) is 19.5 Å². The van der Waals surface area contributed by atoms with Crippen molar-refractivity contribution < 1.29 is 4.79 Å². The van der Waals surface area contributed by atoms with Gasteiger partial charge in [0.2, 0.25) is 0 Å². The molecule has 0 saturated heterocycles. The quantitative estimate of drug-likeness (QED) is 0.465. The molecule has 0 radical (unpaired) electrons. The Bertz CT molecular complexity index is 1110. The normalized spacial score (nSPS) is 13.4. The van der Waals surface area contributed by atoms with Crippen molar-refractivity contribution >= 4 is 52.2 Å². The molecular formula is C22H22Cl3N5O. The predicted octanol–water partition coefficient (Wildman–Crippen LogP) is 6.51. The lowest BCUT2D eigenvalue weighted by Gasteiger charge is -2.25. The molecule has 0 unspecified atom stereocenters. The Balaban J connectivity index is 1.68. The molecule has 3 aromatic rings. The maximum Gasteiger partial charge on any atom is 0.326 e. The summed E-state index contributed by atoms with van der Waals surface area (Å²) in [7, 11) is 0. The van der Waals surface area contributed by atoms with Gasteiger partial charge in [0, 0.05) is 23.7 Å². The summed E-state index contributed by atoms with van der Waals surface area (Å²) >= 11 is 18.5. The number of hydrogen-bond donors (Lipinski definition) is 1. The number of urea groups is 1. The molecule has 0 spiro atoms. The van der Waals surface area contributed by atoms with E-state index in [0.717, 1.165) is 49.4 Å². The summed E-state index contributed by atoms with van der Waals surface area (Å²) in [6, 6.07) is 10.1. The number of rotatable bonds is 4. The molecule has 0 saturated carbocycles. The molecule has 162 valence electrons. The number of aromatic nitrogens is 3. The highest BCUT2D eigenvalue weighted by Crippen LogP contribution is 2.30. The van der Waals surface area contributed by atoms with E-state index in [1.165, 1.54) is 0 Å². The van der Waals surface area contributed by atoms with Gasteiger partial charge in [-0.1, -0.05) is 47.3 Å². The van der Waals surface area contributed by atoms with E-state index >= 15 is 0 Å². The number of aryl methyl sites for hydroxylation is 1. The number of fused-ring (bicyclic) bond motifs is 1. The topological polar surface area (TPSA) is 63.1 Å². The Hall–Kier alpha value is -2.28. The molecule has 1 N–H and O–H groups in total. The van der Waals surface area contributed by atoms with Crippen molar-refractivity contribution in [1.29, 1.82) is 0 Å². The molecule has 1 aliphatic rings. The largest absolute Gasteiger partial charge is 0.326 e. The molecule has 2 aromatic carbocycles. The average Bonchev–Trinajstić information content (AvgIpc) is 2.97. The number of carbonyl (C=O) groups excluding carboxylic acids is 1. The third-order valence-electron chi connectivity index (χ3n) is 5.43. The van der Waals surface area contributed by atoms with Crippen molar-refractivity contribution in [3.05, 3.63) is 68.7 Å². The maximum atomic E-state index is 13.4. The number of nitrogens with one attached hydrogen (secondary N) is 1. The van der Waals surface area contributed by atoms with E-state index in [9.17, 15) is 4.79 Å². The van der Waals surface area contributed by atoms with E-state index < -0.39 is 0 Å². The molecule has 0 fully saturated rings. The van der Waals surface area contributed by atoms with Gasteiger partial charge < -0.3 is 9.88 Å². The van der Waals surface area contributed by atoms with E-state index in [-0.39, 0.29) is 12.6 Å². The number of amides is 2. The zero-order valence-corrected chi connectivity index (χ0v) is 19.3. The van der Waals surface area contributed by atoms with Gasteiger partial charge in [-0.3, -0.25) is 4.90 Å². The molecule has 0 atom stereocenters. The fraction of sp³-hybridized carbons (Fsp3) is 0.318. The molecule has 2 amide bonds. The fourth-order valence-corrected chi connectivity index (χ4v) is 4.19. The zero-order valence-electron chi connectivity index (χ0n) is 17.0. The molecule has 31 heavy (non-hydrogen) atoms. The number of carbonyl (C=O) groups is 1. The van der Waals surface area contributed by atoms with Crippen LogP contribution in [0.2, 0.25) is 15.1 Å². The first-order chi connectivity index (χ1) is 14.9. The second-order valence-corrected chi connectivity index (χ2v) is 8.75. The van der Waals surface area contributed by atoms with E-state index in [1.807, 2.05) is 19.1 Å². The Morgan fingerprint density at radius 3 is 2.71 bits per heavy atom. The Labute approximate surface area is 196 Å². The lowest BCUT2D eigenvalue weighted by molar-refractivity contribution is 0.256. The highest BCUT2D eigenvalue weighted by molar-refractivity contribution is 6.42. The van der Waals surface area contributed by atoms with Crippen molar-refractivity contribution in [3.63, 3.8) is 0 Å². The molecular weight excluding hydrogens is 457 g/mol. The number of hydrogen-bond acceptors (Lipinski definition) is 3. The molecule has 6 nitrogen and oxygen atoms in total. The molecule has 1 aliphatic heterocycles. The van der Waals surface area contributed by atoms with Crippen LogP contribution < -0.4 is 10.2 Å². The van der Waals surface area contributed by atoms with Crippen LogP contribution >= 0.6 is 34.8 Å². The first-order valence-electron chi connectivity index (χ1n) is 10.1. The van der Waals surface area contributed by atoms with Crippen LogP contribution in [0.25, 0.3) is 0 Å². The lowest BCUT2D eigenvalue weighted by Crippen LogP contribution is -2.36. The van der Waals surface area contributed by atoms with Gasteiger partial charge >= 0.3 is 6.03 Å². The van der Waals surface area contributed by atoms with Crippen LogP contribution in [-0.4, -0.2) is 20.8 Å². The van der Waals surface area contributed by atoms with Gasteiger partial charge in [-0.2, -0.15) is 0 Å². The van der Waals surface area contributed by atoms with Crippen molar-refractivity contribution in [2.45, 2.75) is 45.7 Å². The summed E-state index contributed by atoms with van der Waals surface area (Å²) in [5.41, 5.74) is 2.06. The highest BCUT2D eigenvalue weighted by atomic mass is 35.5. The van der Waals surface area contributed by atoms with Gasteiger partial charge in [0.25, 0.3) is 0 Å². The van der Waals surface area contributed by atoms with Crippen LogP contribution in [0.3, 0.4) is 0 Å². The summed E-state index contributed by atoms with van der Waals surface area (Å²) in [5.74, 6) is 1.72. The molecule has 0 aliphatic carbocycles. The Morgan fingerprint density at radius 2 is 1.90 bits per heavy atom. The van der Waals surface area contributed by atoms with Crippen molar-refractivity contribution in [2.75, 3.05) is 10.2 Å². The number of nitrogens with zero attached hydrogens (tertiary/aromatic N) is 4. The molecule has 4 rings (SSSR count). The summed E-state index contributed by atoms with van der Waals surface area (Å²) in [4.78, 5) is 15.0. The average molecular weight is 479 g/mol. The first kappa shape index (κ1) is 21.9. The summed E-state index contributed by atoms with van der Waals surface area (Å²) in [6.45, 7) is 3.01. The second-order valence-electron chi connectivity index (χ2n) is 7.52. The highest BCUT2D eigenvalue weighted by Gasteiger charge is 2.24. The van der Waals surface area contributed by atoms with E-state index in [4.69, 9.17) is 34.8 Å².